The van der Waals surface area contributed by atoms with Gasteiger partial charge in [0.15, 0.2) is 0 Å². The van der Waals surface area contributed by atoms with Crippen molar-refractivity contribution in [1.82, 2.24) is 5.32 Å². The van der Waals surface area contributed by atoms with E-state index in [-0.39, 0.29) is 5.54 Å². The highest BCUT2D eigenvalue weighted by atomic mass is 16.4. The Balaban J connectivity index is 1.97. The molecule has 2 N–H and O–H groups in total. The lowest BCUT2D eigenvalue weighted by Crippen LogP contribution is -2.48. The number of carboxylic acid groups (broad SMARTS) is 1. The average Bonchev–Trinajstić information content (AvgIpc) is 2.24. The number of carbonyl (C=O) groups is 1. The molecule has 0 heterocycles. The first-order valence-electron chi connectivity index (χ1n) is 6.56. The highest BCUT2D eigenvalue weighted by molar-refractivity contribution is 5.87. The lowest BCUT2D eigenvalue weighted by molar-refractivity contribution is 0.0696. The second-order valence-corrected chi connectivity index (χ2v) is 5.71. The molecule has 0 aliphatic heterocycles. The molecule has 0 bridgehead atoms. The van der Waals surface area contributed by atoms with Gasteiger partial charge in [0.05, 0.1) is 5.56 Å². The second kappa shape index (κ2) is 5.11. The van der Waals surface area contributed by atoms with Crippen molar-refractivity contribution >= 4 is 5.97 Å². The summed E-state index contributed by atoms with van der Waals surface area (Å²) in [6, 6.07) is 7.14. The SMILES string of the molecule is CC(C)(NCc1cccc(C(=O)O)c1)C1CCC1. The van der Waals surface area contributed by atoms with Crippen LogP contribution in [0.15, 0.2) is 24.3 Å². The molecule has 0 radical (unpaired) electrons. The Morgan fingerprint density at radius 1 is 1.44 bits per heavy atom. The molecule has 1 aliphatic rings. The van der Waals surface area contributed by atoms with Crippen LogP contribution in [0.5, 0.6) is 0 Å². The van der Waals surface area contributed by atoms with Gasteiger partial charge in [-0.25, -0.2) is 4.79 Å². The maximum atomic E-state index is 10.9. The molecule has 18 heavy (non-hydrogen) atoms. The van der Waals surface area contributed by atoms with Crippen LogP contribution in [0, 0.1) is 5.92 Å². The molecule has 0 amide bonds. The van der Waals surface area contributed by atoms with Gasteiger partial charge in [-0.05, 0) is 50.3 Å². The summed E-state index contributed by atoms with van der Waals surface area (Å²) >= 11 is 0. The number of aromatic carboxylic acids is 1. The molecule has 1 aromatic carbocycles. The minimum atomic E-state index is -0.866. The molecule has 1 aliphatic carbocycles. The Labute approximate surface area is 108 Å². The fourth-order valence-corrected chi connectivity index (χ4v) is 2.42. The van der Waals surface area contributed by atoms with Gasteiger partial charge in [-0.3, -0.25) is 0 Å². The first-order chi connectivity index (χ1) is 8.49. The van der Waals surface area contributed by atoms with Crippen molar-refractivity contribution in [3.05, 3.63) is 35.4 Å². The lowest BCUT2D eigenvalue weighted by Gasteiger charge is -2.41. The van der Waals surface area contributed by atoms with Gasteiger partial charge in [-0.2, -0.15) is 0 Å². The Morgan fingerprint density at radius 2 is 2.17 bits per heavy atom. The van der Waals surface area contributed by atoms with Crippen molar-refractivity contribution in [2.45, 2.75) is 45.2 Å². The average molecular weight is 247 g/mol. The monoisotopic (exact) mass is 247 g/mol. The normalized spacial score (nSPS) is 16.3. The molecule has 0 atom stereocenters. The summed E-state index contributed by atoms with van der Waals surface area (Å²) in [5.74, 6) is -0.116. The van der Waals surface area contributed by atoms with Crippen LogP contribution in [0.1, 0.15) is 49.0 Å². The van der Waals surface area contributed by atoms with E-state index in [0.29, 0.717) is 5.56 Å². The van der Waals surface area contributed by atoms with E-state index in [9.17, 15) is 4.79 Å². The summed E-state index contributed by atoms with van der Waals surface area (Å²) in [6.45, 7) is 5.19. The molecular formula is C15H21NO2. The maximum absolute atomic E-state index is 10.9. The van der Waals surface area contributed by atoms with Crippen molar-refractivity contribution in [3.8, 4) is 0 Å². The molecule has 0 aromatic heterocycles. The van der Waals surface area contributed by atoms with Crippen molar-refractivity contribution in [2.24, 2.45) is 5.92 Å². The minimum Gasteiger partial charge on any atom is -0.478 e. The number of nitrogens with one attached hydrogen (secondary N) is 1. The quantitative estimate of drug-likeness (QED) is 0.840. The zero-order chi connectivity index (χ0) is 13.2. The Bertz CT molecular complexity index is 436. The van der Waals surface area contributed by atoms with Crippen LogP contribution in [-0.4, -0.2) is 16.6 Å². The van der Waals surface area contributed by atoms with E-state index in [1.807, 2.05) is 6.07 Å². The van der Waals surface area contributed by atoms with Gasteiger partial charge in [-0.1, -0.05) is 18.6 Å². The van der Waals surface area contributed by atoms with Crippen LogP contribution in [0.2, 0.25) is 0 Å². The largest absolute Gasteiger partial charge is 0.478 e. The zero-order valence-corrected chi connectivity index (χ0v) is 11.1. The third-order valence-corrected chi connectivity index (χ3v) is 4.05. The molecule has 3 nitrogen and oxygen atoms in total. The molecule has 2 rings (SSSR count). The maximum Gasteiger partial charge on any atom is 0.335 e. The van der Waals surface area contributed by atoms with Gasteiger partial charge in [0.25, 0.3) is 0 Å². The van der Waals surface area contributed by atoms with Crippen LogP contribution >= 0.6 is 0 Å². The first kappa shape index (κ1) is 13.1. The third kappa shape index (κ3) is 2.91. The summed E-state index contributed by atoms with van der Waals surface area (Å²) in [5, 5.41) is 12.5. The van der Waals surface area contributed by atoms with Crippen LogP contribution in [0.3, 0.4) is 0 Å². The van der Waals surface area contributed by atoms with Crippen LogP contribution in [-0.2, 0) is 6.54 Å². The Morgan fingerprint density at radius 3 is 2.72 bits per heavy atom. The van der Waals surface area contributed by atoms with Gasteiger partial charge in [-0.15, -0.1) is 0 Å². The fraction of sp³-hybridized carbons (Fsp3) is 0.533. The van der Waals surface area contributed by atoms with E-state index in [0.717, 1.165) is 18.0 Å². The molecule has 98 valence electrons. The molecule has 0 saturated heterocycles. The van der Waals surface area contributed by atoms with Gasteiger partial charge in [0, 0.05) is 12.1 Å². The summed E-state index contributed by atoms with van der Waals surface area (Å²) in [4.78, 5) is 10.9. The van der Waals surface area contributed by atoms with E-state index in [4.69, 9.17) is 5.11 Å². The molecule has 0 spiro atoms. The molecule has 0 unspecified atom stereocenters. The summed E-state index contributed by atoms with van der Waals surface area (Å²) < 4.78 is 0. The number of hydrogen-bond acceptors (Lipinski definition) is 2. The van der Waals surface area contributed by atoms with Gasteiger partial charge >= 0.3 is 5.97 Å². The van der Waals surface area contributed by atoms with Crippen molar-refractivity contribution in [2.75, 3.05) is 0 Å². The van der Waals surface area contributed by atoms with E-state index in [2.05, 4.69) is 19.2 Å². The Hall–Kier alpha value is -1.35. The van der Waals surface area contributed by atoms with E-state index >= 15 is 0 Å². The van der Waals surface area contributed by atoms with Crippen molar-refractivity contribution in [3.63, 3.8) is 0 Å². The number of rotatable bonds is 5. The van der Waals surface area contributed by atoms with E-state index in [1.165, 1.54) is 19.3 Å². The molecule has 1 saturated carbocycles. The topological polar surface area (TPSA) is 49.3 Å². The van der Waals surface area contributed by atoms with E-state index < -0.39 is 5.97 Å². The third-order valence-electron chi connectivity index (χ3n) is 4.05. The minimum absolute atomic E-state index is 0.136. The fourth-order valence-electron chi connectivity index (χ4n) is 2.42. The molecule has 1 fully saturated rings. The summed E-state index contributed by atoms with van der Waals surface area (Å²) in [5.41, 5.74) is 1.52. The lowest BCUT2D eigenvalue weighted by atomic mass is 9.72. The number of hydrogen-bond donors (Lipinski definition) is 2. The van der Waals surface area contributed by atoms with Gasteiger partial charge < -0.3 is 10.4 Å². The van der Waals surface area contributed by atoms with Gasteiger partial charge in [0.2, 0.25) is 0 Å². The standard InChI is InChI=1S/C15H21NO2/c1-15(2,13-7-4-8-13)16-10-11-5-3-6-12(9-11)14(17)18/h3,5-6,9,13,16H,4,7-8,10H2,1-2H3,(H,17,18). The second-order valence-electron chi connectivity index (χ2n) is 5.71. The van der Waals surface area contributed by atoms with Crippen molar-refractivity contribution < 1.29 is 9.90 Å². The van der Waals surface area contributed by atoms with E-state index in [1.54, 1.807) is 18.2 Å². The first-order valence-corrected chi connectivity index (χ1v) is 6.56. The predicted octanol–water partition coefficient (Wildman–Crippen LogP) is 3.05. The Kier molecular flexibility index (Phi) is 3.71. The molecule has 1 aromatic rings. The van der Waals surface area contributed by atoms with Crippen LogP contribution in [0.25, 0.3) is 0 Å². The van der Waals surface area contributed by atoms with Crippen LogP contribution in [0.4, 0.5) is 0 Å². The molecular weight excluding hydrogens is 226 g/mol. The molecule has 3 heteroatoms. The highest BCUT2D eigenvalue weighted by Gasteiger charge is 2.33. The zero-order valence-electron chi connectivity index (χ0n) is 11.1. The summed E-state index contributed by atoms with van der Waals surface area (Å²) in [6.07, 6.45) is 3.94. The smallest absolute Gasteiger partial charge is 0.335 e. The number of carboxylic acids is 1. The summed E-state index contributed by atoms with van der Waals surface area (Å²) in [7, 11) is 0. The highest BCUT2D eigenvalue weighted by Crippen LogP contribution is 2.35. The number of benzene rings is 1. The predicted molar refractivity (Wildman–Crippen MR) is 71.7 cm³/mol. The van der Waals surface area contributed by atoms with Crippen molar-refractivity contribution in [1.29, 1.82) is 0 Å². The van der Waals surface area contributed by atoms with Crippen LogP contribution < -0.4 is 5.32 Å². The van der Waals surface area contributed by atoms with Gasteiger partial charge in [0.1, 0.15) is 0 Å².